The zero-order chi connectivity index (χ0) is 22.7. The summed E-state index contributed by atoms with van der Waals surface area (Å²) in [6.45, 7) is 0.0958. The molecule has 0 aliphatic heterocycles. The third-order valence-electron chi connectivity index (χ3n) is 4.38. The second-order valence-electron chi connectivity index (χ2n) is 6.68. The van der Waals surface area contributed by atoms with Gasteiger partial charge >= 0.3 is 6.16 Å². The van der Waals surface area contributed by atoms with E-state index >= 15 is 0 Å². The smallest absolute Gasteiger partial charge is 0.449 e. The minimum Gasteiger partial charge on any atom is -0.449 e. The molecule has 10 heteroatoms. The van der Waals surface area contributed by atoms with Gasteiger partial charge in [-0.15, -0.1) is 0 Å². The Morgan fingerprint density at radius 3 is 2.38 bits per heavy atom. The summed E-state index contributed by atoms with van der Waals surface area (Å²) < 4.78 is 32.8. The lowest BCUT2D eigenvalue weighted by atomic mass is 10.1. The molecule has 0 saturated heterocycles. The first-order chi connectivity index (χ1) is 15.4. The second-order valence-corrected chi connectivity index (χ2v) is 6.68. The molecule has 0 amide bonds. The molecule has 2 heterocycles. The zero-order valence-electron chi connectivity index (χ0n) is 16.3. The number of rotatable bonds is 5. The SMILES string of the molecule is O=C(O)Oc1cnc(-c2cccc(Cn3nc(-c4cc(F)cc(F)c4)ccc3=O)c2)nc1. The fraction of sp³-hybridized carbons (Fsp3) is 0.0455. The van der Waals surface area contributed by atoms with Crippen LogP contribution in [0.15, 0.2) is 71.8 Å². The number of carboxylic acid groups (broad SMARTS) is 1. The van der Waals surface area contributed by atoms with Crippen LogP contribution in [0.3, 0.4) is 0 Å². The molecule has 4 aromatic rings. The van der Waals surface area contributed by atoms with Crippen LogP contribution in [0.25, 0.3) is 22.6 Å². The van der Waals surface area contributed by atoms with E-state index in [1.54, 1.807) is 24.3 Å². The molecule has 0 atom stereocenters. The standard InChI is InChI=1S/C22H14F2N4O4/c23-16-7-15(8-17(24)9-16)19-4-5-20(29)28(27-19)12-13-2-1-3-14(6-13)21-25-10-18(11-26-21)32-22(30)31/h1-11H,12H2,(H,30,31). The molecule has 0 aliphatic carbocycles. The molecule has 0 aliphatic rings. The van der Waals surface area contributed by atoms with E-state index in [4.69, 9.17) is 5.11 Å². The molecule has 2 aromatic carbocycles. The average Bonchev–Trinajstić information content (AvgIpc) is 2.75. The van der Waals surface area contributed by atoms with Crippen LogP contribution < -0.4 is 10.3 Å². The van der Waals surface area contributed by atoms with Crippen LogP contribution in [-0.2, 0) is 6.54 Å². The van der Waals surface area contributed by atoms with Gasteiger partial charge in [-0.3, -0.25) is 4.79 Å². The Morgan fingerprint density at radius 2 is 1.69 bits per heavy atom. The molecule has 2 aromatic heterocycles. The average molecular weight is 436 g/mol. The van der Waals surface area contributed by atoms with Gasteiger partial charge in [-0.05, 0) is 29.8 Å². The Hall–Kier alpha value is -4.47. The Kier molecular flexibility index (Phi) is 5.67. The molecule has 32 heavy (non-hydrogen) atoms. The molecule has 0 radical (unpaired) electrons. The third-order valence-corrected chi connectivity index (χ3v) is 4.38. The number of halogens is 2. The van der Waals surface area contributed by atoms with Crippen molar-refractivity contribution in [3.8, 4) is 28.4 Å². The number of nitrogens with zero attached hydrogens (tertiary/aromatic N) is 4. The first-order valence-electron chi connectivity index (χ1n) is 9.24. The highest BCUT2D eigenvalue weighted by atomic mass is 19.1. The lowest BCUT2D eigenvalue weighted by Gasteiger charge is -2.09. The topological polar surface area (TPSA) is 107 Å². The van der Waals surface area contributed by atoms with E-state index < -0.39 is 17.8 Å². The molecular weight excluding hydrogens is 422 g/mol. The number of hydrogen-bond acceptors (Lipinski definition) is 6. The van der Waals surface area contributed by atoms with Crippen molar-refractivity contribution >= 4 is 6.16 Å². The zero-order valence-corrected chi connectivity index (χ0v) is 16.3. The van der Waals surface area contributed by atoms with Gasteiger partial charge in [0.15, 0.2) is 11.6 Å². The highest BCUT2D eigenvalue weighted by molar-refractivity contribution is 5.61. The number of carbonyl (C=O) groups is 1. The van der Waals surface area contributed by atoms with Crippen molar-refractivity contribution in [2.75, 3.05) is 0 Å². The quantitative estimate of drug-likeness (QED) is 0.475. The van der Waals surface area contributed by atoms with Crippen LogP contribution in [0.2, 0.25) is 0 Å². The normalized spacial score (nSPS) is 10.7. The van der Waals surface area contributed by atoms with Crippen LogP contribution >= 0.6 is 0 Å². The van der Waals surface area contributed by atoms with Crippen molar-refractivity contribution in [3.05, 3.63) is 94.5 Å². The van der Waals surface area contributed by atoms with Gasteiger partial charge in [-0.1, -0.05) is 18.2 Å². The van der Waals surface area contributed by atoms with E-state index in [9.17, 15) is 18.4 Å². The van der Waals surface area contributed by atoms with Crippen molar-refractivity contribution in [1.82, 2.24) is 19.7 Å². The van der Waals surface area contributed by atoms with E-state index in [-0.39, 0.29) is 29.1 Å². The summed E-state index contributed by atoms with van der Waals surface area (Å²) >= 11 is 0. The van der Waals surface area contributed by atoms with E-state index in [0.717, 1.165) is 18.2 Å². The van der Waals surface area contributed by atoms with Crippen molar-refractivity contribution in [2.45, 2.75) is 6.54 Å². The first-order valence-corrected chi connectivity index (χ1v) is 9.24. The van der Waals surface area contributed by atoms with Crippen molar-refractivity contribution < 1.29 is 23.4 Å². The van der Waals surface area contributed by atoms with Gasteiger partial charge in [-0.2, -0.15) is 5.10 Å². The van der Waals surface area contributed by atoms with E-state index in [1.165, 1.54) is 29.2 Å². The number of hydrogen-bond donors (Lipinski definition) is 1. The molecule has 8 nitrogen and oxygen atoms in total. The largest absolute Gasteiger partial charge is 0.511 e. The second kappa shape index (κ2) is 8.72. The Balaban J connectivity index is 1.61. The van der Waals surface area contributed by atoms with Gasteiger partial charge in [0.05, 0.1) is 24.6 Å². The molecule has 0 unspecified atom stereocenters. The molecule has 0 saturated carbocycles. The summed E-state index contributed by atoms with van der Waals surface area (Å²) in [7, 11) is 0. The monoisotopic (exact) mass is 436 g/mol. The molecule has 0 fully saturated rings. The Morgan fingerprint density at radius 1 is 0.969 bits per heavy atom. The van der Waals surface area contributed by atoms with Crippen LogP contribution in [0.1, 0.15) is 5.56 Å². The third kappa shape index (κ3) is 4.81. The highest BCUT2D eigenvalue weighted by Gasteiger charge is 2.09. The van der Waals surface area contributed by atoms with Gasteiger partial charge in [0.2, 0.25) is 0 Å². The predicted molar refractivity (Wildman–Crippen MR) is 109 cm³/mol. The Bertz CT molecular complexity index is 1340. The lowest BCUT2D eigenvalue weighted by Crippen LogP contribution is -2.22. The van der Waals surface area contributed by atoms with Gasteiger partial charge in [-0.25, -0.2) is 28.2 Å². The van der Waals surface area contributed by atoms with Gasteiger partial charge in [0.25, 0.3) is 5.56 Å². The predicted octanol–water partition coefficient (Wildman–Crippen LogP) is 3.75. The van der Waals surface area contributed by atoms with Gasteiger partial charge in [0, 0.05) is 23.3 Å². The fourth-order valence-corrected chi connectivity index (χ4v) is 3.02. The molecule has 1 N–H and O–H groups in total. The summed E-state index contributed by atoms with van der Waals surface area (Å²) in [5, 5.41) is 12.9. The first kappa shape index (κ1) is 20.8. The van der Waals surface area contributed by atoms with Crippen molar-refractivity contribution in [2.24, 2.45) is 0 Å². The van der Waals surface area contributed by atoms with E-state index in [2.05, 4.69) is 19.8 Å². The van der Waals surface area contributed by atoms with Crippen molar-refractivity contribution in [1.29, 1.82) is 0 Å². The number of benzene rings is 2. The molecule has 0 spiro atoms. The number of aromatic nitrogens is 4. The maximum absolute atomic E-state index is 13.5. The fourth-order valence-electron chi connectivity index (χ4n) is 3.02. The maximum atomic E-state index is 13.5. The summed E-state index contributed by atoms with van der Waals surface area (Å²) in [5.74, 6) is -1.17. The van der Waals surface area contributed by atoms with E-state index in [0.29, 0.717) is 17.0 Å². The summed E-state index contributed by atoms with van der Waals surface area (Å²) in [5.41, 5.74) is 1.40. The maximum Gasteiger partial charge on any atom is 0.511 e. The van der Waals surface area contributed by atoms with Gasteiger partial charge in [0.1, 0.15) is 11.6 Å². The van der Waals surface area contributed by atoms with E-state index in [1.807, 2.05) is 0 Å². The minimum atomic E-state index is -1.47. The number of ether oxygens (including phenoxy) is 1. The molecule has 4 rings (SSSR count). The summed E-state index contributed by atoms with van der Waals surface area (Å²) in [6.07, 6.45) is 0.998. The highest BCUT2D eigenvalue weighted by Crippen LogP contribution is 2.20. The summed E-state index contributed by atoms with van der Waals surface area (Å²) in [4.78, 5) is 31.0. The van der Waals surface area contributed by atoms with Crippen LogP contribution in [-0.4, -0.2) is 31.0 Å². The van der Waals surface area contributed by atoms with Crippen LogP contribution in [0.5, 0.6) is 5.75 Å². The molecule has 160 valence electrons. The Labute approximate surface area is 179 Å². The van der Waals surface area contributed by atoms with Crippen LogP contribution in [0.4, 0.5) is 13.6 Å². The lowest BCUT2D eigenvalue weighted by molar-refractivity contribution is 0.144. The summed E-state index contributed by atoms with van der Waals surface area (Å²) in [6, 6.07) is 12.7. The molecular formula is C22H14F2N4O4. The van der Waals surface area contributed by atoms with Crippen molar-refractivity contribution in [3.63, 3.8) is 0 Å². The molecule has 0 bridgehead atoms. The van der Waals surface area contributed by atoms with Crippen LogP contribution in [0, 0.1) is 11.6 Å². The minimum absolute atomic E-state index is 0.0150. The van der Waals surface area contributed by atoms with Gasteiger partial charge < -0.3 is 9.84 Å².